The zero-order valence-electron chi connectivity index (χ0n) is 4.14. The second-order valence-electron chi connectivity index (χ2n) is 1.50. The Balaban J connectivity index is 0.000000360. The summed E-state index contributed by atoms with van der Waals surface area (Å²) in [5, 5.41) is 6.44. The van der Waals surface area contributed by atoms with Crippen molar-refractivity contribution in [3.8, 4) is 0 Å². The van der Waals surface area contributed by atoms with E-state index in [1.807, 2.05) is 0 Å². The van der Waals surface area contributed by atoms with Crippen LogP contribution in [0.3, 0.4) is 0 Å². The van der Waals surface area contributed by atoms with Crippen LogP contribution in [0, 0.1) is 0 Å². The Morgan fingerprint density at radius 2 is 1.00 bits per heavy atom. The van der Waals surface area contributed by atoms with Gasteiger partial charge in [0, 0.05) is 46.6 Å². The van der Waals surface area contributed by atoms with E-state index in [2.05, 4.69) is 10.6 Å². The van der Waals surface area contributed by atoms with Gasteiger partial charge in [0.05, 0.1) is 0 Å². The molecule has 46 valence electrons. The molecule has 0 amide bonds. The quantitative estimate of drug-likeness (QED) is 0.490. The summed E-state index contributed by atoms with van der Waals surface area (Å²) >= 11 is 0. The molecule has 1 aliphatic rings. The molecule has 3 heteroatoms. The molecule has 0 aromatic carbocycles. The first-order valence-electron chi connectivity index (χ1n) is 2.41. The zero-order chi connectivity index (χ0) is 4.24. The minimum Gasteiger partial charge on any atom is -0.314 e. The molecule has 1 rings (SSSR count). The van der Waals surface area contributed by atoms with Gasteiger partial charge in [-0.15, -0.1) is 0 Å². The summed E-state index contributed by atoms with van der Waals surface area (Å²) in [6, 6.07) is 0. The van der Waals surface area contributed by atoms with Gasteiger partial charge in [-0.2, -0.15) is 0 Å². The Hall–Kier alpha value is 0.582. The average Bonchev–Trinajstić information content (AvgIpc) is 1.72. The maximum absolute atomic E-state index is 3.22. The van der Waals surface area contributed by atoms with Crippen molar-refractivity contribution in [2.24, 2.45) is 0 Å². The molecule has 1 fully saturated rings. The fourth-order valence-corrected chi connectivity index (χ4v) is 0.604. The molecule has 0 saturated carbocycles. The van der Waals surface area contributed by atoms with Crippen LogP contribution in [-0.2, 0) is 20.4 Å². The maximum Gasteiger partial charge on any atom is 0.00772 e. The molecular weight excluding hydrogens is 182 g/mol. The van der Waals surface area contributed by atoms with E-state index < -0.39 is 0 Å². The van der Waals surface area contributed by atoms with Gasteiger partial charge in [-0.25, -0.2) is 0 Å². The molecule has 0 aromatic heterocycles. The van der Waals surface area contributed by atoms with Gasteiger partial charge in [-0.05, 0) is 0 Å². The third kappa shape index (κ3) is 3.19. The van der Waals surface area contributed by atoms with E-state index in [1.165, 1.54) is 0 Å². The minimum atomic E-state index is 0. The number of hydrogen-bond donors (Lipinski definition) is 2. The summed E-state index contributed by atoms with van der Waals surface area (Å²) in [7, 11) is 0. The zero-order valence-corrected chi connectivity index (χ0v) is 5.70. The Kier molecular flexibility index (Phi) is 5.13. The number of piperazine rings is 1. The topological polar surface area (TPSA) is 24.1 Å². The van der Waals surface area contributed by atoms with Crippen LogP contribution in [0.1, 0.15) is 0 Å². The van der Waals surface area contributed by atoms with Crippen LogP contribution in [0.5, 0.6) is 0 Å². The Labute approximate surface area is 57.7 Å². The van der Waals surface area contributed by atoms with Gasteiger partial charge in [-0.3, -0.25) is 0 Å². The Bertz CT molecular complexity index is 25.2. The van der Waals surface area contributed by atoms with Gasteiger partial charge in [0.25, 0.3) is 0 Å². The van der Waals surface area contributed by atoms with E-state index in [0.29, 0.717) is 0 Å². The van der Waals surface area contributed by atoms with Crippen LogP contribution in [0.25, 0.3) is 0 Å². The van der Waals surface area contributed by atoms with Crippen molar-refractivity contribution in [3.63, 3.8) is 0 Å². The summed E-state index contributed by atoms with van der Waals surface area (Å²) < 4.78 is 0. The maximum atomic E-state index is 3.22. The van der Waals surface area contributed by atoms with Gasteiger partial charge in [0.15, 0.2) is 0 Å². The van der Waals surface area contributed by atoms with Crippen molar-refractivity contribution in [2.75, 3.05) is 26.2 Å². The third-order valence-electron chi connectivity index (χ3n) is 0.957. The summed E-state index contributed by atoms with van der Waals surface area (Å²) in [5.41, 5.74) is 0. The van der Waals surface area contributed by atoms with Crippen molar-refractivity contribution in [3.05, 3.63) is 0 Å². The molecule has 0 aromatic rings. The van der Waals surface area contributed by atoms with Gasteiger partial charge in [-0.1, -0.05) is 0 Å². The second kappa shape index (κ2) is 4.73. The summed E-state index contributed by atoms with van der Waals surface area (Å²) in [6.45, 7) is 4.56. The van der Waals surface area contributed by atoms with Crippen LogP contribution >= 0.6 is 0 Å². The molecule has 2 N–H and O–H groups in total. The number of nitrogens with one attached hydrogen (secondary N) is 2. The summed E-state index contributed by atoms with van der Waals surface area (Å²) in [5.74, 6) is 0. The van der Waals surface area contributed by atoms with E-state index in [-0.39, 0.29) is 20.4 Å². The van der Waals surface area contributed by atoms with E-state index >= 15 is 0 Å². The SMILES string of the molecule is C1CNCCN1.[Pd]. The van der Waals surface area contributed by atoms with E-state index in [1.54, 1.807) is 0 Å². The first-order chi connectivity index (χ1) is 3.00. The molecule has 2 nitrogen and oxygen atoms in total. The van der Waals surface area contributed by atoms with Gasteiger partial charge in [0.1, 0.15) is 0 Å². The van der Waals surface area contributed by atoms with Crippen molar-refractivity contribution in [2.45, 2.75) is 0 Å². The molecular formula is C4H10N2Pd. The third-order valence-corrected chi connectivity index (χ3v) is 0.957. The monoisotopic (exact) mass is 192 g/mol. The smallest absolute Gasteiger partial charge is 0.00772 e. The van der Waals surface area contributed by atoms with Gasteiger partial charge >= 0.3 is 0 Å². The summed E-state index contributed by atoms with van der Waals surface area (Å²) in [4.78, 5) is 0. The fourth-order valence-electron chi connectivity index (χ4n) is 0.604. The normalized spacial score (nSPS) is 20.6. The number of rotatable bonds is 0. The first-order valence-corrected chi connectivity index (χ1v) is 2.41. The minimum absolute atomic E-state index is 0. The van der Waals surface area contributed by atoms with Gasteiger partial charge < -0.3 is 10.6 Å². The number of hydrogen-bond acceptors (Lipinski definition) is 2. The predicted octanol–water partition coefficient (Wildman–Crippen LogP) is -0.823. The van der Waals surface area contributed by atoms with Crippen LogP contribution in [0.2, 0.25) is 0 Å². The van der Waals surface area contributed by atoms with E-state index in [4.69, 9.17) is 0 Å². The molecule has 0 atom stereocenters. The van der Waals surface area contributed by atoms with E-state index in [9.17, 15) is 0 Å². The average molecular weight is 193 g/mol. The van der Waals surface area contributed by atoms with Crippen LogP contribution in [0.15, 0.2) is 0 Å². The Morgan fingerprint density at radius 1 is 0.714 bits per heavy atom. The predicted molar refractivity (Wildman–Crippen MR) is 25.7 cm³/mol. The van der Waals surface area contributed by atoms with Crippen molar-refractivity contribution in [1.82, 2.24) is 10.6 Å². The van der Waals surface area contributed by atoms with Crippen molar-refractivity contribution < 1.29 is 20.4 Å². The summed E-state index contributed by atoms with van der Waals surface area (Å²) in [6.07, 6.45) is 0. The molecule has 0 unspecified atom stereocenters. The molecule has 0 aliphatic carbocycles. The fraction of sp³-hybridized carbons (Fsp3) is 1.00. The molecule has 0 spiro atoms. The molecule has 7 heavy (non-hydrogen) atoms. The molecule has 1 saturated heterocycles. The Morgan fingerprint density at radius 3 is 1.14 bits per heavy atom. The standard InChI is InChI=1S/C4H10N2.Pd/c1-2-6-4-3-5-1;/h5-6H,1-4H2;. The largest absolute Gasteiger partial charge is 0.314 e. The van der Waals surface area contributed by atoms with Gasteiger partial charge in [0.2, 0.25) is 0 Å². The van der Waals surface area contributed by atoms with Crippen LogP contribution < -0.4 is 10.6 Å². The molecule has 1 heterocycles. The first kappa shape index (κ1) is 7.58. The van der Waals surface area contributed by atoms with E-state index in [0.717, 1.165) is 26.2 Å². The molecule has 1 aliphatic heterocycles. The van der Waals surface area contributed by atoms with Crippen LogP contribution in [0.4, 0.5) is 0 Å². The molecule has 0 radical (unpaired) electrons. The van der Waals surface area contributed by atoms with Crippen LogP contribution in [-0.4, -0.2) is 26.2 Å². The molecule has 0 bridgehead atoms. The second-order valence-corrected chi connectivity index (χ2v) is 1.50. The van der Waals surface area contributed by atoms with Crippen molar-refractivity contribution in [1.29, 1.82) is 0 Å². The van der Waals surface area contributed by atoms with Crippen molar-refractivity contribution >= 4 is 0 Å².